The average molecular weight is 237 g/mol. The van der Waals surface area contributed by atoms with E-state index >= 15 is 0 Å². The minimum Gasteiger partial charge on any atom is -0.394 e. The van der Waals surface area contributed by atoms with Crippen molar-refractivity contribution in [2.24, 2.45) is 0 Å². The number of nitrogens with one attached hydrogen (secondary N) is 1. The highest BCUT2D eigenvalue weighted by atomic mass is 16.5. The maximum absolute atomic E-state index is 8.54. The first-order valence-corrected chi connectivity index (χ1v) is 6.20. The molecule has 17 heavy (non-hydrogen) atoms. The second-order valence-electron chi connectivity index (χ2n) is 4.24. The summed E-state index contributed by atoms with van der Waals surface area (Å²) in [4.78, 5) is 0. The molecule has 0 aliphatic rings. The topological polar surface area (TPSA) is 41.5 Å². The Morgan fingerprint density at radius 1 is 1.18 bits per heavy atom. The van der Waals surface area contributed by atoms with E-state index in [1.54, 1.807) is 0 Å². The third-order valence-electron chi connectivity index (χ3n) is 2.82. The standard InChI is InChI=1S/C14H23NO2/c1-12-5-3-6-13(2)14(12)11-15-7-4-9-17-10-8-16/h3,5-6,15-16H,4,7-11H2,1-2H3. The number of rotatable bonds is 8. The SMILES string of the molecule is Cc1cccc(C)c1CNCCCOCCO. The number of hydrogen-bond acceptors (Lipinski definition) is 3. The molecule has 0 spiro atoms. The van der Waals surface area contributed by atoms with Crippen molar-refractivity contribution in [2.75, 3.05) is 26.4 Å². The zero-order valence-corrected chi connectivity index (χ0v) is 10.8. The molecule has 0 unspecified atom stereocenters. The molecule has 3 nitrogen and oxygen atoms in total. The highest BCUT2D eigenvalue weighted by Crippen LogP contribution is 2.12. The van der Waals surface area contributed by atoms with Crippen LogP contribution < -0.4 is 5.32 Å². The number of aryl methyl sites for hydroxylation is 2. The number of ether oxygens (including phenoxy) is 1. The molecule has 1 aromatic carbocycles. The van der Waals surface area contributed by atoms with E-state index in [2.05, 4.69) is 37.4 Å². The molecule has 0 aromatic heterocycles. The third kappa shape index (κ3) is 5.31. The molecule has 0 saturated carbocycles. The number of benzene rings is 1. The summed E-state index contributed by atoms with van der Waals surface area (Å²) in [5.74, 6) is 0. The molecule has 0 aliphatic heterocycles. The van der Waals surface area contributed by atoms with Crippen LogP contribution in [0.25, 0.3) is 0 Å². The summed E-state index contributed by atoms with van der Waals surface area (Å²) in [5.41, 5.74) is 4.08. The van der Waals surface area contributed by atoms with Crippen molar-refractivity contribution in [3.63, 3.8) is 0 Å². The highest BCUT2D eigenvalue weighted by Gasteiger charge is 2.00. The Morgan fingerprint density at radius 2 is 1.88 bits per heavy atom. The Labute approximate surface area is 104 Å². The molecular weight excluding hydrogens is 214 g/mol. The zero-order valence-electron chi connectivity index (χ0n) is 10.8. The van der Waals surface area contributed by atoms with Gasteiger partial charge in [-0.1, -0.05) is 18.2 Å². The number of hydrogen-bond donors (Lipinski definition) is 2. The molecule has 1 aromatic rings. The minimum atomic E-state index is 0.107. The summed E-state index contributed by atoms with van der Waals surface area (Å²) in [6.45, 7) is 7.41. The maximum Gasteiger partial charge on any atom is 0.0697 e. The van der Waals surface area contributed by atoms with Crippen molar-refractivity contribution >= 4 is 0 Å². The van der Waals surface area contributed by atoms with E-state index in [-0.39, 0.29) is 6.61 Å². The summed E-state index contributed by atoms with van der Waals surface area (Å²) in [6, 6.07) is 6.39. The normalized spacial score (nSPS) is 10.8. The van der Waals surface area contributed by atoms with E-state index in [9.17, 15) is 0 Å². The van der Waals surface area contributed by atoms with Gasteiger partial charge in [0.2, 0.25) is 0 Å². The van der Waals surface area contributed by atoms with Gasteiger partial charge in [0.15, 0.2) is 0 Å². The lowest BCUT2D eigenvalue weighted by Gasteiger charge is -2.10. The Bertz CT molecular complexity index is 306. The van der Waals surface area contributed by atoms with Crippen molar-refractivity contribution in [3.8, 4) is 0 Å². The van der Waals surface area contributed by atoms with Crippen LogP contribution in [0.4, 0.5) is 0 Å². The van der Waals surface area contributed by atoms with E-state index in [4.69, 9.17) is 9.84 Å². The fourth-order valence-electron chi connectivity index (χ4n) is 1.81. The van der Waals surface area contributed by atoms with Gasteiger partial charge in [-0.2, -0.15) is 0 Å². The fourth-order valence-corrected chi connectivity index (χ4v) is 1.81. The average Bonchev–Trinajstić information content (AvgIpc) is 2.31. The van der Waals surface area contributed by atoms with Gasteiger partial charge in [-0.05, 0) is 43.5 Å². The van der Waals surface area contributed by atoms with Crippen LogP contribution in [-0.2, 0) is 11.3 Å². The molecule has 0 atom stereocenters. The summed E-state index contributed by atoms with van der Waals surface area (Å²) in [6.07, 6.45) is 0.977. The first-order valence-electron chi connectivity index (χ1n) is 6.20. The molecule has 0 amide bonds. The lowest BCUT2D eigenvalue weighted by atomic mass is 10.0. The fraction of sp³-hybridized carbons (Fsp3) is 0.571. The Hall–Kier alpha value is -0.900. The minimum absolute atomic E-state index is 0.107. The molecule has 0 heterocycles. The Balaban J connectivity index is 2.18. The summed E-state index contributed by atoms with van der Waals surface area (Å²) < 4.78 is 5.19. The first-order chi connectivity index (χ1) is 8.25. The van der Waals surface area contributed by atoms with Crippen LogP contribution in [-0.4, -0.2) is 31.5 Å². The number of aliphatic hydroxyl groups is 1. The highest BCUT2D eigenvalue weighted by molar-refractivity contribution is 5.33. The van der Waals surface area contributed by atoms with Crippen molar-refractivity contribution < 1.29 is 9.84 Å². The van der Waals surface area contributed by atoms with Crippen LogP contribution in [0, 0.1) is 13.8 Å². The molecule has 0 aliphatic carbocycles. The molecule has 96 valence electrons. The molecule has 0 radical (unpaired) electrons. The van der Waals surface area contributed by atoms with Gasteiger partial charge in [-0.15, -0.1) is 0 Å². The molecule has 0 fully saturated rings. The van der Waals surface area contributed by atoms with E-state index in [0.29, 0.717) is 13.2 Å². The van der Waals surface area contributed by atoms with Gasteiger partial charge >= 0.3 is 0 Å². The molecule has 3 heteroatoms. The molecule has 0 saturated heterocycles. The molecular formula is C14H23NO2. The van der Waals surface area contributed by atoms with Crippen LogP contribution in [0.5, 0.6) is 0 Å². The van der Waals surface area contributed by atoms with Crippen molar-refractivity contribution in [1.82, 2.24) is 5.32 Å². The lowest BCUT2D eigenvalue weighted by molar-refractivity contribution is 0.0907. The van der Waals surface area contributed by atoms with Crippen molar-refractivity contribution in [1.29, 1.82) is 0 Å². The largest absolute Gasteiger partial charge is 0.394 e. The van der Waals surface area contributed by atoms with Gasteiger partial charge in [0.25, 0.3) is 0 Å². The maximum atomic E-state index is 8.54. The van der Waals surface area contributed by atoms with Gasteiger partial charge in [-0.3, -0.25) is 0 Å². The van der Waals surface area contributed by atoms with Crippen molar-refractivity contribution in [3.05, 3.63) is 34.9 Å². The van der Waals surface area contributed by atoms with Crippen LogP contribution in [0.15, 0.2) is 18.2 Å². The van der Waals surface area contributed by atoms with Gasteiger partial charge in [0.1, 0.15) is 0 Å². The van der Waals surface area contributed by atoms with E-state index in [1.807, 2.05) is 0 Å². The summed E-state index contributed by atoms with van der Waals surface area (Å²) in [5, 5.41) is 12.0. The van der Waals surface area contributed by atoms with Crippen LogP contribution >= 0.6 is 0 Å². The van der Waals surface area contributed by atoms with Crippen LogP contribution in [0.3, 0.4) is 0 Å². The summed E-state index contributed by atoms with van der Waals surface area (Å²) in [7, 11) is 0. The second kappa shape index (κ2) is 8.23. The quantitative estimate of drug-likeness (QED) is 0.677. The van der Waals surface area contributed by atoms with Crippen LogP contribution in [0.2, 0.25) is 0 Å². The molecule has 1 rings (SSSR count). The summed E-state index contributed by atoms with van der Waals surface area (Å²) >= 11 is 0. The first kappa shape index (κ1) is 14.2. The van der Waals surface area contributed by atoms with Gasteiger partial charge in [0.05, 0.1) is 13.2 Å². The van der Waals surface area contributed by atoms with E-state index in [1.165, 1.54) is 16.7 Å². The van der Waals surface area contributed by atoms with E-state index in [0.717, 1.165) is 19.5 Å². The zero-order chi connectivity index (χ0) is 12.5. The second-order valence-corrected chi connectivity index (χ2v) is 4.24. The van der Waals surface area contributed by atoms with Crippen LogP contribution in [0.1, 0.15) is 23.1 Å². The monoisotopic (exact) mass is 237 g/mol. The smallest absolute Gasteiger partial charge is 0.0697 e. The van der Waals surface area contributed by atoms with Crippen molar-refractivity contribution in [2.45, 2.75) is 26.8 Å². The van der Waals surface area contributed by atoms with E-state index < -0.39 is 0 Å². The predicted molar refractivity (Wildman–Crippen MR) is 70.1 cm³/mol. The Morgan fingerprint density at radius 3 is 2.53 bits per heavy atom. The van der Waals surface area contributed by atoms with Gasteiger partial charge < -0.3 is 15.2 Å². The van der Waals surface area contributed by atoms with Gasteiger partial charge in [0, 0.05) is 13.2 Å². The lowest BCUT2D eigenvalue weighted by Crippen LogP contribution is -2.18. The third-order valence-corrected chi connectivity index (χ3v) is 2.82. The molecule has 2 N–H and O–H groups in total. The Kier molecular flexibility index (Phi) is 6.86. The predicted octanol–water partition coefficient (Wildman–Crippen LogP) is 1.79. The van der Waals surface area contributed by atoms with Gasteiger partial charge in [-0.25, -0.2) is 0 Å². The molecule has 0 bridgehead atoms. The number of aliphatic hydroxyl groups excluding tert-OH is 1.